The van der Waals surface area contributed by atoms with Crippen molar-refractivity contribution < 1.29 is 9.53 Å². The lowest BCUT2D eigenvalue weighted by Crippen LogP contribution is -2.15. The van der Waals surface area contributed by atoms with Gasteiger partial charge in [-0.1, -0.05) is 12.1 Å². The molecule has 0 bridgehead atoms. The lowest BCUT2D eigenvalue weighted by Gasteiger charge is -2.09. The molecule has 0 aliphatic carbocycles. The van der Waals surface area contributed by atoms with Crippen LogP contribution in [-0.2, 0) is 16.0 Å². The molecule has 1 aromatic carbocycles. The van der Waals surface area contributed by atoms with E-state index in [1.165, 1.54) is 0 Å². The average Bonchev–Trinajstić information content (AvgIpc) is 2.92. The molecule has 1 amide bonds. The zero-order valence-corrected chi connectivity index (χ0v) is 10.9. The average molecular weight is 258 g/mol. The fourth-order valence-electron chi connectivity index (χ4n) is 2.18. The van der Waals surface area contributed by atoms with Crippen LogP contribution in [0.1, 0.15) is 31.2 Å². The number of carbonyl (C=O) groups is 1. The molecule has 1 heterocycles. The first-order valence-electron chi connectivity index (χ1n) is 6.65. The molecule has 1 fully saturated rings. The number of amides is 1. The van der Waals surface area contributed by atoms with Crippen molar-refractivity contribution in [3.8, 4) is 6.07 Å². The van der Waals surface area contributed by atoms with E-state index in [4.69, 9.17) is 10.00 Å². The van der Waals surface area contributed by atoms with E-state index in [0.29, 0.717) is 12.8 Å². The number of nitrogens with one attached hydrogen (secondary N) is 1. The molecular weight excluding hydrogens is 240 g/mol. The molecule has 4 nitrogen and oxygen atoms in total. The summed E-state index contributed by atoms with van der Waals surface area (Å²) in [6.45, 7) is 0.826. The number of rotatable bonds is 5. The number of nitrogens with zero attached hydrogens (tertiary/aromatic N) is 1. The summed E-state index contributed by atoms with van der Waals surface area (Å²) >= 11 is 0. The Morgan fingerprint density at radius 2 is 2.21 bits per heavy atom. The minimum Gasteiger partial charge on any atom is -0.378 e. The van der Waals surface area contributed by atoms with Gasteiger partial charge in [-0.2, -0.15) is 5.26 Å². The van der Waals surface area contributed by atoms with E-state index in [1.54, 1.807) is 0 Å². The zero-order valence-electron chi connectivity index (χ0n) is 10.9. The normalized spacial score (nSPS) is 17.9. The van der Waals surface area contributed by atoms with Crippen molar-refractivity contribution in [3.05, 3.63) is 29.8 Å². The van der Waals surface area contributed by atoms with Crippen molar-refractivity contribution in [2.45, 2.75) is 38.2 Å². The van der Waals surface area contributed by atoms with Crippen molar-refractivity contribution >= 4 is 11.6 Å². The third-order valence-corrected chi connectivity index (χ3v) is 3.24. The summed E-state index contributed by atoms with van der Waals surface area (Å²) < 4.78 is 5.49. The number of benzene rings is 1. The van der Waals surface area contributed by atoms with E-state index >= 15 is 0 Å². The summed E-state index contributed by atoms with van der Waals surface area (Å²) in [5.41, 5.74) is 1.74. The molecule has 1 unspecified atom stereocenters. The van der Waals surface area contributed by atoms with Gasteiger partial charge in [0.1, 0.15) is 0 Å². The van der Waals surface area contributed by atoms with Crippen LogP contribution in [0.15, 0.2) is 24.3 Å². The maximum atomic E-state index is 11.8. The van der Waals surface area contributed by atoms with Crippen LogP contribution in [-0.4, -0.2) is 18.6 Å². The first kappa shape index (κ1) is 13.6. The molecule has 1 aromatic rings. The van der Waals surface area contributed by atoms with Crippen LogP contribution in [0.2, 0.25) is 0 Å². The molecule has 0 spiro atoms. The van der Waals surface area contributed by atoms with Gasteiger partial charge in [0.15, 0.2) is 0 Å². The van der Waals surface area contributed by atoms with Crippen LogP contribution < -0.4 is 5.32 Å². The summed E-state index contributed by atoms with van der Waals surface area (Å²) in [6, 6.07) is 9.47. The topological polar surface area (TPSA) is 62.1 Å². The van der Waals surface area contributed by atoms with E-state index in [0.717, 1.165) is 37.1 Å². The molecule has 4 heteroatoms. The Kier molecular flexibility index (Phi) is 4.93. The van der Waals surface area contributed by atoms with Gasteiger partial charge >= 0.3 is 0 Å². The van der Waals surface area contributed by atoms with Gasteiger partial charge in [-0.25, -0.2) is 0 Å². The van der Waals surface area contributed by atoms with E-state index in [-0.39, 0.29) is 12.0 Å². The fraction of sp³-hybridized carbons (Fsp3) is 0.467. The number of carbonyl (C=O) groups excluding carboxylic acids is 1. The van der Waals surface area contributed by atoms with E-state index in [9.17, 15) is 4.79 Å². The molecule has 1 saturated heterocycles. The van der Waals surface area contributed by atoms with Gasteiger partial charge in [-0.05, 0) is 37.0 Å². The standard InChI is InChI=1S/C15H18N2O2/c16-10-9-12-3-5-13(6-4-12)17-15(18)8-7-14-2-1-11-19-14/h3-6,14H,1-2,7-9,11H2,(H,17,18). The predicted octanol–water partition coefficient (Wildman–Crippen LogP) is 2.65. The molecule has 2 rings (SSSR count). The Morgan fingerprint density at radius 1 is 1.42 bits per heavy atom. The number of anilines is 1. The highest BCUT2D eigenvalue weighted by molar-refractivity contribution is 5.90. The Labute approximate surface area is 113 Å². The maximum absolute atomic E-state index is 11.8. The third kappa shape index (κ3) is 4.38. The molecule has 100 valence electrons. The predicted molar refractivity (Wildman–Crippen MR) is 72.6 cm³/mol. The summed E-state index contributed by atoms with van der Waals surface area (Å²) in [4.78, 5) is 11.8. The molecule has 0 saturated carbocycles. The molecule has 0 aromatic heterocycles. The molecule has 0 radical (unpaired) electrons. The smallest absolute Gasteiger partial charge is 0.224 e. The molecule has 19 heavy (non-hydrogen) atoms. The van der Waals surface area contributed by atoms with Gasteiger partial charge in [0.2, 0.25) is 5.91 Å². The highest BCUT2D eigenvalue weighted by Gasteiger charge is 2.16. The van der Waals surface area contributed by atoms with Crippen molar-refractivity contribution in [1.29, 1.82) is 5.26 Å². The molecule has 1 aliphatic rings. The van der Waals surface area contributed by atoms with E-state index < -0.39 is 0 Å². The lowest BCUT2D eigenvalue weighted by atomic mass is 10.1. The van der Waals surface area contributed by atoms with Gasteiger partial charge < -0.3 is 10.1 Å². The fourth-order valence-corrected chi connectivity index (χ4v) is 2.18. The van der Waals surface area contributed by atoms with Gasteiger partial charge in [-0.15, -0.1) is 0 Å². The van der Waals surface area contributed by atoms with Crippen LogP contribution in [0.25, 0.3) is 0 Å². The van der Waals surface area contributed by atoms with Crippen molar-refractivity contribution in [1.82, 2.24) is 0 Å². The van der Waals surface area contributed by atoms with Gasteiger partial charge in [0, 0.05) is 18.7 Å². The van der Waals surface area contributed by atoms with Crippen molar-refractivity contribution in [3.63, 3.8) is 0 Å². The Bertz CT molecular complexity index is 456. The Morgan fingerprint density at radius 3 is 2.84 bits per heavy atom. The highest BCUT2D eigenvalue weighted by atomic mass is 16.5. The zero-order chi connectivity index (χ0) is 13.5. The first-order chi connectivity index (χ1) is 9.28. The first-order valence-corrected chi connectivity index (χ1v) is 6.65. The second kappa shape index (κ2) is 6.91. The molecule has 1 atom stereocenters. The Balaban J connectivity index is 1.76. The highest BCUT2D eigenvalue weighted by Crippen LogP contribution is 2.17. The second-order valence-corrected chi connectivity index (χ2v) is 4.75. The van der Waals surface area contributed by atoms with Crippen LogP contribution in [0.4, 0.5) is 5.69 Å². The summed E-state index contributed by atoms with van der Waals surface area (Å²) in [7, 11) is 0. The lowest BCUT2D eigenvalue weighted by molar-refractivity contribution is -0.116. The van der Waals surface area contributed by atoms with Gasteiger partial charge in [0.25, 0.3) is 0 Å². The van der Waals surface area contributed by atoms with Crippen molar-refractivity contribution in [2.75, 3.05) is 11.9 Å². The number of ether oxygens (including phenoxy) is 1. The minimum atomic E-state index is 0.0172. The largest absolute Gasteiger partial charge is 0.378 e. The quantitative estimate of drug-likeness (QED) is 0.883. The number of nitriles is 1. The Hall–Kier alpha value is -1.86. The van der Waals surface area contributed by atoms with E-state index in [1.807, 2.05) is 24.3 Å². The van der Waals surface area contributed by atoms with Crippen LogP contribution in [0.3, 0.4) is 0 Å². The van der Waals surface area contributed by atoms with Crippen LogP contribution >= 0.6 is 0 Å². The maximum Gasteiger partial charge on any atom is 0.224 e. The number of hydrogen-bond acceptors (Lipinski definition) is 3. The summed E-state index contributed by atoms with van der Waals surface area (Å²) in [6.07, 6.45) is 4.10. The molecule has 1 aliphatic heterocycles. The summed E-state index contributed by atoms with van der Waals surface area (Å²) in [5.74, 6) is 0.0172. The monoisotopic (exact) mass is 258 g/mol. The number of hydrogen-bond donors (Lipinski definition) is 1. The van der Waals surface area contributed by atoms with Gasteiger partial charge in [0.05, 0.1) is 18.6 Å². The summed E-state index contributed by atoms with van der Waals surface area (Å²) in [5, 5.41) is 11.4. The van der Waals surface area contributed by atoms with E-state index in [2.05, 4.69) is 11.4 Å². The third-order valence-electron chi connectivity index (χ3n) is 3.24. The second-order valence-electron chi connectivity index (χ2n) is 4.75. The van der Waals surface area contributed by atoms with Crippen LogP contribution in [0.5, 0.6) is 0 Å². The van der Waals surface area contributed by atoms with Gasteiger partial charge in [-0.3, -0.25) is 4.79 Å². The molecule has 1 N–H and O–H groups in total. The van der Waals surface area contributed by atoms with Crippen LogP contribution in [0, 0.1) is 11.3 Å². The minimum absolute atomic E-state index is 0.0172. The molecular formula is C15H18N2O2. The van der Waals surface area contributed by atoms with Crippen molar-refractivity contribution in [2.24, 2.45) is 0 Å². The SMILES string of the molecule is N#CCc1ccc(NC(=O)CCC2CCCO2)cc1.